The third-order valence-corrected chi connectivity index (χ3v) is 9.55. The van der Waals surface area contributed by atoms with Crippen molar-refractivity contribution in [2.45, 2.75) is 12.5 Å². The lowest BCUT2D eigenvalue weighted by molar-refractivity contribution is -0.143. The number of nitrogens with one attached hydrogen (secondary N) is 1. The van der Waals surface area contributed by atoms with Crippen molar-refractivity contribution in [1.29, 1.82) is 0 Å². The third-order valence-electron chi connectivity index (χ3n) is 6.72. The first-order chi connectivity index (χ1) is 24.6. The molecular weight excluding hydrogens is 1070 g/mol. The quantitative estimate of drug-likeness (QED) is 0.0566. The van der Waals surface area contributed by atoms with Crippen LogP contribution >= 0.6 is 67.8 Å². The zero-order valence-electron chi connectivity index (χ0n) is 27.2. The number of carboxylic acid groups (broad SMARTS) is 5. The monoisotopic (exact) mass is 1110 g/mol. The first-order valence-electron chi connectivity index (χ1n) is 14.8. The van der Waals surface area contributed by atoms with Gasteiger partial charge in [-0.25, -0.2) is 4.79 Å². The average Bonchev–Trinajstić information content (AvgIpc) is 2.99. The summed E-state index contributed by atoms with van der Waals surface area (Å²) in [4.78, 5) is 73.9. The van der Waals surface area contributed by atoms with Crippen molar-refractivity contribution < 1.29 is 76.2 Å². The maximum atomic E-state index is 13.0. The number of nitrogens with zero attached hydrogens (tertiary/aromatic N) is 3. The van der Waals surface area contributed by atoms with E-state index in [1.54, 1.807) is 34.7 Å². The van der Waals surface area contributed by atoms with E-state index < -0.39 is 84.9 Å². The molecule has 0 bridgehead atoms. The lowest BCUT2D eigenvalue weighted by Gasteiger charge is -2.27. The summed E-state index contributed by atoms with van der Waals surface area (Å²) >= 11 is 5.73. The van der Waals surface area contributed by atoms with Crippen molar-refractivity contribution >= 4 is 114 Å². The topological polar surface area (TPSA) is 298 Å². The van der Waals surface area contributed by atoms with Crippen LogP contribution in [0.1, 0.15) is 5.56 Å². The van der Waals surface area contributed by atoms with E-state index in [1.165, 1.54) is 23.1 Å². The van der Waals surface area contributed by atoms with Gasteiger partial charge in [-0.05, 0) is 104 Å². The number of halogens is 3. The molecule has 0 heterocycles. The maximum Gasteiger partial charge on any atom is 0.446 e. The summed E-state index contributed by atoms with van der Waals surface area (Å²) in [6.45, 7) is -3.55. The number of carboxylic acids is 5. The number of benzene rings is 2. The molecule has 1 amide bonds. The van der Waals surface area contributed by atoms with E-state index in [4.69, 9.17) is 19.5 Å². The molecule has 0 saturated carbocycles. The molecule has 0 spiro atoms. The van der Waals surface area contributed by atoms with E-state index in [9.17, 15) is 52.5 Å². The van der Waals surface area contributed by atoms with Crippen LogP contribution in [0.4, 0.5) is 0 Å². The molecule has 0 aliphatic heterocycles. The van der Waals surface area contributed by atoms with Crippen LogP contribution in [0.2, 0.25) is 0 Å². The normalized spacial score (nSPS) is 12.1. The second-order valence-electron chi connectivity index (χ2n) is 11.0. The number of amides is 1. The summed E-state index contributed by atoms with van der Waals surface area (Å²) in [6, 6.07) is 5.97. The second-order valence-corrected chi connectivity index (χ2v) is 15.5. The first kappa shape index (κ1) is 46.0. The van der Waals surface area contributed by atoms with E-state index in [-0.39, 0.29) is 38.3 Å². The van der Waals surface area contributed by atoms with Crippen LogP contribution in [0.5, 0.6) is 17.2 Å². The molecule has 0 aliphatic carbocycles. The van der Waals surface area contributed by atoms with Crippen molar-refractivity contribution in [2.24, 2.45) is 0 Å². The Morgan fingerprint density at radius 1 is 0.679 bits per heavy atom. The molecule has 0 fully saturated rings. The van der Waals surface area contributed by atoms with E-state index in [0.717, 1.165) is 9.80 Å². The van der Waals surface area contributed by atoms with Crippen molar-refractivity contribution in [3.05, 3.63) is 46.6 Å². The third kappa shape index (κ3) is 18.1. The Bertz CT molecular complexity index is 1760. The molecular formula is C29H33I3N4O16S. The van der Waals surface area contributed by atoms with Gasteiger partial charge in [-0.2, -0.15) is 8.42 Å². The summed E-state index contributed by atoms with van der Waals surface area (Å²) in [7, 11) is -4.74. The molecule has 2 aromatic rings. The van der Waals surface area contributed by atoms with Crippen LogP contribution < -0.4 is 14.2 Å². The molecule has 2 rings (SSSR count). The number of rotatable bonds is 24. The first-order valence-corrected chi connectivity index (χ1v) is 19.4. The molecule has 1 atom stereocenters. The molecule has 292 valence electrons. The Balaban J connectivity index is 2.12. The van der Waals surface area contributed by atoms with Gasteiger partial charge in [0.25, 0.3) is 0 Å². The molecule has 0 saturated heterocycles. The van der Waals surface area contributed by atoms with Gasteiger partial charge in [0.2, 0.25) is 5.91 Å². The zero-order chi connectivity index (χ0) is 40.0. The zero-order valence-corrected chi connectivity index (χ0v) is 34.5. The minimum Gasteiger partial charge on any atom is -0.480 e. The van der Waals surface area contributed by atoms with Gasteiger partial charge in [-0.1, -0.05) is 0 Å². The summed E-state index contributed by atoms with van der Waals surface area (Å²) in [5.74, 6) is -6.82. The number of ether oxygens (including phenoxy) is 1. The Hall–Kier alpha value is -3.16. The highest BCUT2D eigenvalue weighted by atomic mass is 127. The minimum absolute atomic E-state index is 0.0971. The van der Waals surface area contributed by atoms with Gasteiger partial charge in [-0.3, -0.25) is 43.2 Å². The van der Waals surface area contributed by atoms with Crippen LogP contribution in [0.15, 0.2) is 30.3 Å². The largest absolute Gasteiger partial charge is 0.480 e. The Morgan fingerprint density at radius 2 is 1.13 bits per heavy atom. The Kier molecular flexibility index (Phi) is 18.8. The van der Waals surface area contributed by atoms with Gasteiger partial charge in [-0.15, -0.1) is 0 Å². The van der Waals surface area contributed by atoms with Gasteiger partial charge in [0.1, 0.15) is 11.8 Å². The number of carbonyl (C=O) groups excluding carboxylic acids is 1. The summed E-state index contributed by atoms with van der Waals surface area (Å²) < 4.78 is 42.9. The molecule has 24 heteroatoms. The van der Waals surface area contributed by atoms with E-state index in [1.807, 2.05) is 45.2 Å². The summed E-state index contributed by atoms with van der Waals surface area (Å²) in [5.41, 5.74) is 0.497. The lowest BCUT2D eigenvalue weighted by Crippen LogP contribution is -2.49. The smallest absolute Gasteiger partial charge is 0.446 e. The Labute approximate surface area is 342 Å². The van der Waals surface area contributed by atoms with Crippen LogP contribution in [0.25, 0.3) is 0 Å². The van der Waals surface area contributed by atoms with Crippen molar-refractivity contribution in [1.82, 2.24) is 20.0 Å². The SMILES string of the molecule is O=C(O)CN(CCN(CC(=O)O)CC(=O)O)CCN(CC(=O)O)CC(=O)N[C@@H](Cc1cc(I)c(Oc2ccc(OS(=O)(=O)O)c(I)c2)c(I)c1)C(=O)O. The van der Waals surface area contributed by atoms with E-state index in [0.29, 0.717) is 27.8 Å². The van der Waals surface area contributed by atoms with Gasteiger partial charge < -0.3 is 39.8 Å². The van der Waals surface area contributed by atoms with Crippen LogP contribution in [0.3, 0.4) is 0 Å². The molecule has 0 radical (unpaired) electrons. The second kappa shape index (κ2) is 21.7. The molecule has 7 N–H and O–H groups in total. The number of aliphatic carboxylic acids is 5. The fourth-order valence-electron chi connectivity index (χ4n) is 4.58. The van der Waals surface area contributed by atoms with Gasteiger partial charge in [0, 0.05) is 32.6 Å². The molecule has 53 heavy (non-hydrogen) atoms. The van der Waals surface area contributed by atoms with Gasteiger partial charge in [0.15, 0.2) is 11.5 Å². The molecule has 0 aromatic heterocycles. The van der Waals surface area contributed by atoms with Gasteiger partial charge >= 0.3 is 40.2 Å². The van der Waals surface area contributed by atoms with Crippen molar-refractivity contribution in [3.8, 4) is 17.2 Å². The predicted octanol–water partition coefficient (Wildman–Crippen LogP) is 0.831. The number of hydrogen-bond donors (Lipinski definition) is 7. The fraction of sp³-hybridized carbons (Fsp3) is 0.379. The molecule has 20 nitrogen and oxygen atoms in total. The van der Waals surface area contributed by atoms with E-state index in [2.05, 4.69) is 9.50 Å². The van der Waals surface area contributed by atoms with Crippen molar-refractivity contribution in [3.63, 3.8) is 0 Å². The molecule has 0 unspecified atom stereocenters. The lowest BCUT2D eigenvalue weighted by atomic mass is 10.1. The number of hydrogen-bond acceptors (Lipinski definition) is 13. The standard InChI is InChI=1S/C29H33I3N4O16S/c30-18-10-17(1-2-22(18)52-53(48,49)50)51-28-19(31)7-16(8-20(28)32)9-21(29(46)47)33-23(37)11-35(13-25(40)41)5-3-34(12-24(38)39)4-6-36(14-26(42)43)15-27(44)45/h1-2,7-8,10,21H,3-6,9,11-15H2,(H,33,37)(H,38,39)(H,40,41)(H,42,43)(H,44,45)(H,46,47)(H,48,49,50)/t21-/m0/s1. The van der Waals surface area contributed by atoms with E-state index >= 15 is 0 Å². The average molecular weight is 1110 g/mol. The van der Waals surface area contributed by atoms with Crippen LogP contribution in [0, 0.1) is 10.7 Å². The summed E-state index contributed by atoms with van der Waals surface area (Å²) in [6.07, 6.45) is -0.179. The predicted molar refractivity (Wildman–Crippen MR) is 206 cm³/mol. The van der Waals surface area contributed by atoms with Crippen LogP contribution in [-0.2, 0) is 45.6 Å². The Morgan fingerprint density at radius 3 is 1.57 bits per heavy atom. The minimum atomic E-state index is -4.74. The molecule has 2 aromatic carbocycles. The highest BCUT2D eigenvalue weighted by Gasteiger charge is 2.25. The van der Waals surface area contributed by atoms with Crippen molar-refractivity contribution in [2.75, 3.05) is 58.9 Å². The fourth-order valence-corrected chi connectivity index (χ4v) is 7.82. The molecule has 0 aliphatic rings. The van der Waals surface area contributed by atoms with Crippen LogP contribution in [-0.4, -0.2) is 154 Å². The summed E-state index contributed by atoms with van der Waals surface area (Å²) in [5, 5.41) is 49.1. The number of carbonyl (C=O) groups is 6. The highest BCUT2D eigenvalue weighted by molar-refractivity contribution is 14.1. The highest BCUT2D eigenvalue weighted by Crippen LogP contribution is 2.35. The maximum absolute atomic E-state index is 13.0. The van der Waals surface area contributed by atoms with Gasteiger partial charge in [0.05, 0.1) is 43.4 Å².